The fourth-order valence-electron chi connectivity index (χ4n) is 3.70. The van der Waals surface area contributed by atoms with Crippen molar-refractivity contribution in [2.24, 2.45) is 10.9 Å². The first-order valence-corrected chi connectivity index (χ1v) is 10.2. The highest BCUT2D eigenvalue weighted by Gasteiger charge is 2.19. The summed E-state index contributed by atoms with van der Waals surface area (Å²) in [5.74, 6) is 1.54. The lowest BCUT2D eigenvalue weighted by atomic mass is 10.1. The summed E-state index contributed by atoms with van der Waals surface area (Å²) in [6, 6.07) is 10.5. The summed E-state index contributed by atoms with van der Waals surface area (Å²) in [5.41, 5.74) is 4.71. The molecule has 1 N–H and O–H groups in total. The Labute approximate surface area is 168 Å². The molecule has 1 unspecified atom stereocenters. The minimum atomic E-state index is 0.589. The van der Waals surface area contributed by atoms with Crippen LogP contribution in [0.3, 0.4) is 0 Å². The minimum absolute atomic E-state index is 0.589. The van der Waals surface area contributed by atoms with Gasteiger partial charge in [0.1, 0.15) is 0 Å². The van der Waals surface area contributed by atoms with Gasteiger partial charge in [0.05, 0.1) is 25.4 Å². The average Bonchev–Trinajstić information content (AvgIpc) is 3.28. The van der Waals surface area contributed by atoms with Gasteiger partial charge in [-0.2, -0.15) is 5.10 Å². The third-order valence-corrected chi connectivity index (χ3v) is 5.35. The summed E-state index contributed by atoms with van der Waals surface area (Å²) >= 11 is 0. The molecule has 1 fully saturated rings. The smallest absolute Gasteiger partial charge is 0.193 e. The molecular formula is C22H33N5O. The summed E-state index contributed by atoms with van der Waals surface area (Å²) in [7, 11) is 2.11. The molecular weight excluding hydrogens is 350 g/mol. The SMILES string of the molecule is CCNC(=NCc1c(C)nn(Cc2ccccc2)c1C)N(C)CC1CCOC1. The number of aromatic nitrogens is 2. The van der Waals surface area contributed by atoms with Gasteiger partial charge in [-0.3, -0.25) is 4.68 Å². The van der Waals surface area contributed by atoms with Gasteiger partial charge in [-0.05, 0) is 32.8 Å². The summed E-state index contributed by atoms with van der Waals surface area (Å²) in [5, 5.41) is 8.17. The van der Waals surface area contributed by atoms with Crippen molar-refractivity contribution in [2.45, 2.75) is 40.3 Å². The van der Waals surface area contributed by atoms with E-state index in [0.717, 1.165) is 50.9 Å². The lowest BCUT2D eigenvalue weighted by Gasteiger charge is -2.24. The standard InChI is InChI=1S/C22H33N5O/c1-5-23-22(26(4)14-20-11-12-28-16-20)24-13-21-17(2)25-27(18(21)3)15-19-9-7-6-8-10-19/h6-10,20H,5,11-16H2,1-4H3,(H,23,24). The van der Waals surface area contributed by atoms with E-state index in [2.05, 4.69) is 67.0 Å². The molecule has 1 aliphatic heterocycles. The number of aliphatic imine (C=N–C) groups is 1. The molecule has 1 aromatic heterocycles. The van der Waals surface area contributed by atoms with Gasteiger partial charge in [-0.1, -0.05) is 30.3 Å². The molecule has 0 amide bonds. The van der Waals surface area contributed by atoms with Crippen LogP contribution in [0.15, 0.2) is 35.3 Å². The molecule has 0 saturated carbocycles. The molecule has 152 valence electrons. The van der Waals surface area contributed by atoms with E-state index in [1.54, 1.807) is 0 Å². The van der Waals surface area contributed by atoms with E-state index in [1.807, 2.05) is 6.07 Å². The average molecular weight is 384 g/mol. The lowest BCUT2D eigenvalue weighted by molar-refractivity contribution is 0.181. The molecule has 2 heterocycles. The van der Waals surface area contributed by atoms with Gasteiger partial charge >= 0.3 is 0 Å². The highest BCUT2D eigenvalue weighted by atomic mass is 16.5. The van der Waals surface area contributed by atoms with Gasteiger partial charge in [0.15, 0.2) is 5.96 Å². The fourth-order valence-corrected chi connectivity index (χ4v) is 3.70. The largest absolute Gasteiger partial charge is 0.381 e. The first-order chi connectivity index (χ1) is 13.6. The number of benzene rings is 1. The molecule has 1 aliphatic rings. The van der Waals surface area contributed by atoms with Gasteiger partial charge in [0.2, 0.25) is 0 Å². The Balaban J connectivity index is 1.71. The van der Waals surface area contributed by atoms with Crippen molar-refractivity contribution in [2.75, 3.05) is 33.4 Å². The summed E-state index contributed by atoms with van der Waals surface area (Å²) in [6.45, 7) is 11.3. The Morgan fingerprint density at radius 2 is 2.11 bits per heavy atom. The number of guanidine groups is 1. The van der Waals surface area contributed by atoms with E-state index in [-0.39, 0.29) is 0 Å². The molecule has 1 atom stereocenters. The van der Waals surface area contributed by atoms with Crippen LogP contribution in [-0.2, 0) is 17.8 Å². The summed E-state index contributed by atoms with van der Waals surface area (Å²) in [4.78, 5) is 7.13. The first-order valence-electron chi connectivity index (χ1n) is 10.2. The van der Waals surface area contributed by atoms with Crippen LogP contribution in [0.2, 0.25) is 0 Å². The Morgan fingerprint density at radius 1 is 1.32 bits per heavy atom. The summed E-state index contributed by atoms with van der Waals surface area (Å²) in [6.07, 6.45) is 1.13. The Kier molecular flexibility index (Phi) is 7.09. The summed E-state index contributed by atoms with van der Waals surface area (Å²) < 4.78 is 7.60. The third-order valence-electron chi connectivity index (χ3n) is 5.35. The van der Waals surface area contributed by atoms with E-state index < -0.39 is 0 Å². The maximum atomic E-state index is 5.51. The predicted octanol–water partition coefficient (Wildman–Crippen LogP) is 2.98. The molecule has 6 heteroatoms. The van der Waals surface area contributed by atoms with Crippen molar-refractivity contribution in [3.05, 3.63) is 52.8 Å². The van der Waals surface area contributed by atoms with Crippen LogP contribution in [0.4, 0.5) is 0 Å². The minimum Gasteiger partial charge on any atom is -0.381 e. The van der Waals surface area contributed by atoms with Crippen LogP contribution in [0.25, 0.3) is 0 Å². The van der Waals surface area contributed by atoms with Crippen molar-refractivity contribution < 1.29 is 4.74 Å². The molecule has 0 aliphatic carbocycles. The van der Waals surface area contributed by atoms with Crippen molar-refractivity contribution in [3.63, 3.8) is 0 Å². The normalized spacial score (nSPS) is 17.1. The van der Waals surface area contributed by atoms with Crippen LogP contribution in [-0.4, -0.2) is 54.0 Å². The topological polar surface area (TPSA) is 54.7 Å². The van der Waals surface area contributed by atoms with Crippen molar-refractivity contribution in [1.29, 1.82) is 0 Å². The van der Waals surface area contributed by atoms with Gasteiger partial charge < -0.3 is 15.0 Å². The lowest BCUT2D eigenvalue weighted by Crippen LogP contribution is -2.41. The first kappa shape index (κ1) is 20.4. The molecule has 1 saturated heterocycles. The van der Waals surface area contributed by atoms with E-state index in [0.29, 0.717) is 12.5 Å². The number of hydrogen-bond donors (Lipinski definition) is 1. The zero-order valence-electron chi connectivity index (χ0n) is 17.6. The van der Waals surface area contributed by atoms with Crippen LogP contribution < -0.4 is 5.32 Å². The zero-order chi connectivity index (χ0) is 19.9. The molecule has 6 nitrogen and oxygen atoms in total. The Hall–Kier alpha value is -2.34. The van der Waals surface area contributed by atoms with Crippen molar-refractivity contribution in [3.8, 4) is 0 Å². The van der Waals surface area contributed by atoms with Crippen LogP contribution >= 0.6 is 0 Å². The highest BCUT2D eigenvalue weighted by Crippen LogP contribution is 2.17. The van der Waals surface area contributed by atoms with Gasteiger partial charge in [-0.25, -0.2) is 4.99 Å². The van der Waals surface area contributed by atoms with Crippen LogP contribution in [0, 0.1) is 19.8 Å². The van der Waals surface area contributed by atoms with E-state index in [9.17, 15) is 0 Å². The molecule has 0 radical (unpaired) electrons. The number of rotatable bonds is 7. The third kappa shape index (κ3) is 5.13. The van der Waals surface area contributed by atoms with Gasteiger partial charge in [0.25, 0.3) is 0 Å². The monoisotopic (exact) mass is 383 g/mol. The molecule has 28 heavy (non-hydrogen) atoms. The second-order valence-corrected chi connectivity index (χ2v) is 7.57. The molecule has 1 aromatic carbocycles. The Morgan fingerprint density at radius 3 is 2.79 bits per heavy atom. The van der Waals surface area contributed by atoms with Crippen molar-refractivity contribution in [1.82, 2.24) is 20.0 Å². The number of ether oxygens (including phenoxy) is 1. The number of nitrogens with one attached hydrogen (secondary N) is 1. The second kappa shape index (κ2) is 9.73. The second-order valence-electron chi connectivity index (χ2n) is 7.57. The predicted molar refractivity (Wildman–Crippen MR) is 114 cm³/mol. The van der Waals surface area contributed by atoms with Crippen molar-refractivity contribution >= 4 is 5.96 Å². The number of hydrogen-bond acceptors (Lipinski definition) is 3. The van der Waals surface area contributed by atoms with Crippen LogP contribution in [0.5, 0.6) is 0 Å². The molecule has 0 spiro atoms. The fraction of sp³-hybridized carbons (Fsp3) is 0.545. The van der Waals surface area contributed by atoms with E-state index in [1.165, 1.54) is 16.8 Å². The quantitative estimate of drug-likeness (QED) is 0.590. The number of aryl methyl sites for hydroxylation is 1. The molecule has 3 rings (SSSR count). The Bertz CT molecular complexity index is 778. The van der Waals surface area contributed by atoms with Crippen LogP contribution in [0.1, 0.15) is 35.9 Å². The zero-order valence-corrected chi connectivity index (χ0v) is 17.6. The maximum Gasteiger partial charge on any atom is 0.193 e. The molecule has 0 bridgehead atoms. The molecule has 2 aromatic rings. The highest BCUT2D eigenvalue weighted by molar-refractivity contribution is 5.79. The number of nitrogens with zero attached hydrogens (tertiary/aromatic N) is 4. The maximum absolute atomic E-state index is 5.51. The van der Waals surface area contributed by atoms with E-state index in [4.69, 9.17) is 14.8 Å². The van der Waals surface area contributed by atoms with E-state index >= 15 is 0 Å². The van der Waals surface area contributed by atoms with Gasteiger partial charge in [-0.15, -0.1) is 0 Å². The van der Waals surface area contributed by atoms with Gasteiger partial charge in [0, 0.05) is 43.9 Å².